The lowest BCUT2D eigenvalue weighted by Gasteiger charge is -2.32. The zero-order chi connectivity index (χ0) is 20.1. The Morgan fingerprint density at radius 1 is 1.25 bits per heavy atom. The van der Waals surface area contributed by atoms with Crippen molar-refractivity contribution in [1.82, 2.24) is 15.1 Å². The van der Waals surface area contributed by atoms with Crippen LogP contribution in [0.3, 0.4) is 0 Å². The number of carbonyl (C=O) groups excluding carboxylic acids is 3. The van der Waals surface area contributed by atoms with Gasteiger partial charge in [0.1, 0.15) is 5.82 Å². The SMILES string of the molecule is CCOC(=O)N1CCC(NC(=O)C2CC(=O)N(Cc3ccccc3F)C2)CC1. The van der Waals surface area contributed by atoms with E-state index in [0.29, 0.717) is 44.6 Å². The molecule has 1 aromatic rings. The van der Waals surface area contributed by atoms with Gasteiger partial charge in [0.05, 0.1) is 12.5 Å². The van der Waals surface area contributed by atoms with Crippen LogP contribution in [0.4, 0.5) is 9.18 Å². The summed E-state index contributed by atoms with van der Waals surface area (Å²) < 4.78 is 18.8. The average molecular weight is 391 g/mol. The molecular weight excluding hydrogens is 365 g/mol. The second-order valence-corrected chi connectivity index (χ2v) is 7.24. The van der Waals surface area contributed by atoms with Gasteiger partial charge in [-0.2, -0.15) is 0 Å². The van der Waals surface area contributed by atoms with Crippen LogP contribution in [0.1, 0.15) is 31.7 Å². The Bertz CT molecular complexity index is 734. The van der Waals surface area contributed by atoms with Crippen molar-refractivity contribution in [1.29, 1.82) is 0 Å². The Hall–Kier alpha value is -2.64. The molecule has 2 aliphatic rings. The maximum atomic E-state index is 13.8. The Balaban J connectivity index is 1.47. The number of likely N-dealkylation sites (tertiary alicyclic amines) is 2. The van der Waals surface area contributed by atoms with Crippen molar-refractivity contribution in [2.24, 2.45) is 5.92 Å². The van der Waals surface area contributed by atoms with E-state index >= 15 is 0 Å². The standard InChI is InChI=1S/C20H26FN3O4/c1-2-28-20(27)23-9-7-16(8-10-23)22-19(26)15-11-18(25)24(13-15)12-14-5-3-4-6-17(14)21/h3-6,15-16H,2,7-13H2,1H3,(H,22,26). The van der Waals surface area contributed by atoms with Gasteiger partial charge in [-0.15, -0.1) is 0 Å². The van der Waals surface area contributed by atoms with E-state index in [1.54, 1.807) is 30.0 Å². The van der Waals surface area contributed by atoms with Crippen molar-refractivity contribution in [2.45, 2.75) is 38.8 Å². The highest BCUT2D eigenvalue weighted by atomic mass is 19.1. The van der Waals surface area contributed by atoms with Gasteiger partial charge in [-0.05, 0) is 25.8 Å². The number of rotatable bonds is 5. The molecule has 0 spiro atoms. The average Bonchev–Trinajstić information content (AvgIpc) is 3.05. The zero-order valence-corrected chi connectivity index (χ0v) is 16.0. The summed E-state index contributed by atoms with van der Waals surface area (Å²) in [6.07, 6.45) is 1.13. The van der Waals surface area contributed by atoms with E-state index in [-0.39, 0.29) is 42.7 Å². The van der Waals surface area contributed by atoms with E-state index < -0.39 is 5.92 Å². The predicted molar refractivity (Wildman–Crippen MR) is 99.7 cm³/mol. The van der Waals surface area contributed by atoms with Gasteiger partial charge in [-0.3, -0.25) is 9.59 Å². The number of halogens is 1. The summed E-state index contributed by atoms with van der Waals surface area (Å²) in [5.74, 6) is -1.07. The molecule has 152 valence electrons. The lowest BCUT2D eigenvalue weighted by molar-refractivity contribution is -0.129. The largest absolute Gasteiger partial charge is 0.450 e. The van der Waals surface area contributed by atoms with Crippen molar-refractivity contribution in [3.05, 3.63) is 35.6 Å². The van der Waals surface area contributed by atoms with Crippen LogP contribution in [0, 0.1) is 11.7 Å². The summed E-state index contributed by atoms with van der Waals surface area (Å²) in [6, 6.07) is 6.32. The van der Waals surface area contributed by atoms with Gasteiger partial charge in [0, 0.05) is 44.2 Å². The first-order valence-corrected chi connectivity index (χ1v) is 9.71. The molecule has 1 atom stereocenters. The number of ether oxygens (including phenoxy) is 1. The highest BCUT2D eigenvalue weighted by Gasteiger charge is 2.36. The molecule has 2 fully saturated rings. The monoisotopic (exact) mass is 391 g/mol. The molecule has 1 N–H and O–H groups in total. The molecule has 0 aliphatic carbocycles. The lowest BCUT2D eigenvalue weighted by atomic mass is 10.0. The van der Waals surface area contributed by atoms with Crippen molar-refractivity contribution in [2.75, 3.05) is 26.2 Å². The fraction of sp³-hybridized carbons (Fsp3) is 0.550. The first-order valence-electron chi connectivity index (χ1n) is 9.71. The van der Waals surface area contributed by atoms with E-state index in [0.717, 1.165) is 0 Å². The number of benzene rings is 1. The maximum absolute atomic E-state index is 13.8. The molecule has 0 saturated carbocycles. The van der Waals surface area contributed by atoms with Gasteiger partial charge in [0.2, 0.25) is 11.8 Å². The summed E-state index contributed by atoms with van der Waals surface area (Å²) >= 11 is 0. The summed E-state index contributed by atoms with van der Waals surface area (Å²) in [7, 11) is 0. The van der Waals surface area contributed by atoms with Crippen molar-refractivity contribution < 1.29 is 23.5 Å². The Morgan fingerprint density at radius 3 is 2.64 bits per heavy atom. The van der Waals surface area contributed by atoms with Gasteiger partial charge in [0.25, 0.3) is 0 Å². The van der Waals surface area contributed by atoms with E-state index in [1.807, 2.05) is 0 Å². The Labute approximate surface area is 163 Å². The second kappa shape index (κ2) is 9.03. The topological polar surface area (TPSA) is 79.0 Å². The summed E-state index contributed by atoms with van der Waals surface area (Å²) in [5, 5.41) is 3.00. The van der Waals surface area contributed by atoms with E-state index in [4.69, 9.17) is 4.74 Å². The molecule has 0 aromatic heterocycles. The molecule has 3 amide bonds. The van der Waals surface area contributed by atoms with Crippen LogP contribution in [0.15, 0.2) is 24.3 Å². The molecule has 0 radical (unpaired) electrons. The highest BCUT2D eigenvalue weighted by Crippen LogP contribution is 2.22. The number of hydrogen-bond acceptors (Lipinski definition) is 4. The van der Waals surface area contributed by atoms with Crippen LogP contribution in [-0.2, 0) is 20.9 Å². The maximum Gasteiger partial charge on any atom is 0.409 e. The molecule has 7 nitrogen and oxygen atoms in total. The first kappa shape index (κ1) is 20.1. The predicted octanol–water partition coefficient (Wildman–Crippen LogP) is 1.91. The smallest absolute Gasteiger partial charge is 0.409 e. The lowest BCUT2D eigenvalue weighted by Crippen LogP contribution is -2.48. The third-order valence-corrected chi connectivity index (χ3v) is 5.27. The Kier molecular flexibility index (Phi) is 6.49. The van der Waals surface area contributed by atoms with Gasteiger partial charge in [-0.25, -0.2) is 9.18 Å². The minimum Gasteiger partial charge on any atom is -0.450 e. The third kappa shape index (κ3) is 4.79. The summed E-state index contributed by atoms with van der Waals surface area (Å²) in [4.78, 5) is 39.7. The van der Waals surface area contributed by atoms with Crippen LogP contribution < -0.4 is 5.32 Å². The second-order valence-electron chi connectivity index (χ2n) is 7.24. The van der Waals surface area contributed by atoms with Crippen molar-refractivity contribution in [3.63, 3.8) is 0 Å². The van der Waals surface area contributed by atoms with E-state index in [2.05, 4.69) is 5.32 Å². The van der Waals surface area contributed by atoms with Crippen LogP contribution in [0.25, 0.3) is 0 Å². The fourth-order valence-corrected chi connectivity index (χ4v) is 3.67. The molecule has 2 heterocycles. The number of nitrogens with zero attached hydrogens (tertiary/aromatic N) is 2. The quantitative estimate of drug-likeness (QED) is 0.832. The van der Waals surface area contributed by atoms with Crippen LogP contribution in [-0.4, -0.2) is 60.0 Å². The van der Waals surface area contributed by atoms with E-state index in [9.17, 15) is 18.8 Å². The van der Waals surface area contributed by atoms with Gasteiger partial charge < -0.3 is 19.9 Å². The number of carbonyl (C=O) groups is 3. The molecule has 3 rings (SSSR count). The zero-order valence-electron chi connectivity index (χ0n) is 16.0. The molecule has 1 unspecified atom stereocenters. The number of hydrogen-bond donors (Lipinski definition) is 1. The summed E-state index contributed by atoms with van der Waals surface area (Å²) in [6.45, 7) is 3.64. The molecular formula is C20H26FN3O4. The Morgan fingerprint density at radius 2 is 1.96 bits per heavy atom. The highest BCUT2D eigenvalue weighted by molar-refractivity contribution is 5.89. The van der Waals surface area contributed by atoms with Gasteiger partial charge in [-0.1, -0.05) is 18.2 Å². The minimum atomic E-state index is -0.428. The normalized spacial score (nSPS) is 20.4. The first-order chi connectivity index (χ1) is 13.5. The molecule has 1 aromatic carbocycles. The molecule has 0 bridgehead atoms. The molecule has 2 aliphatic heterocycles. The van der Waals surface area contributed by atoms with Crippen LogP contribution in [0.2, 0.25) is 0 Å². The number of nitrogens with one attached hydrogen (secondary N) is 1. The van der Waals surface area contributed by atoms with Crippen molar-refractivity contribution in [3.8, 4) is 0 Å². The van der Waals surface area contributed by atoms with Crippen LogP contribution >= 0.6 is 0 Å². The van der Waals surface area contributed by atoms with Gasteiger partial charge in [0.15, 0.2) is 0 Å². The number of amides is 3. The molecule has 8 heteroatoms. The third-order valence-electron chi connectivity index (χ3n) is 5.27. The molecule has 28 heavy (non-hydrogen) atoms. The van der Waals surface area contributed by atoms with Crippen molar-refractivity contribution >= 4 is 17.9 Å². The van der Waals surface area contributed by atoms with Gasteiger partial charge >= 0.3 is 6.09 Å². The number of piperidine rings is 1. The van der Waals surface area contributed by atoms with E-state index in [1.165, 1.54) is 11.0 Å². The molecule has 2 saturated heterocycles. The fourth-order valence-electron chi connectivity index (χ4n) is 3.67. The van der Waals surface area contributed by atoms with Crippen LogP contribution in [0.5, 0.6) is 0 Å². The summed E-state index contributed by atoms with van der Waals surface area (Å²) in [5.41, 5.74) is 0.447. The minimum absolute atomic E-state index is 0.0195.